The van der Waals surface area contributed by atoms with E-state index in [-0.39, 0.29) is 24.2 Å². The molecule has 1 fully saturated rings. The summed E-state index contributed by atoms with van der Waals surface area (Å²) in [7, 11) is 0. The molecule has 0 radical (unpaired) electrons. The predicted molar refractivity (Wildman–Crippen MR) is 76.8 cm³/mol. The maximum atomic E-state index is 12.4. The van der Waals surface area contributed by atoms with E-state index in [2.05, 4.69) is 16.9 Å². The maximum absolute atomic E-state index is 12.4. The highest BCUT2D eigenvalue weighted by atomic mass is 16.6. The molecule has 1 aromatic heterocycles. The molecular formula is C13H21N5O3. The average molecular weight is 295 g/mol. The molecule has 8 heteroatoms. The normalized spacial score (nSPS) is 20.3. The van der Waals surface area contributed by atoms with Gasteiger partial charge in [0.25, 0.3) is 0 Å². The van der Waals surface area contributed by atoms with Gasteiger partial charge in [-0.1, -0.05) is 6.92 Å². The van der Waals surface area contributed by atoms with Gasteiger partial charge >= 0.3 is 5.69 Å². The number of nitro groups is 1. The van der Waals surface area contributed by atoms with E-state index >= 15 is 0 Å². The number of carbonyl (C=O) groups is 1. The standard InChI is InChI=1S/C13H21N5O3/c1-3-15-5-4-6-17(11(2)8-15)13(19)10-16-9-12(7-14-16)18(20)21/h7,9,11H,3-6,8,10H2,1-2H3. The van der Waals surface area contributed by atoms with Crippen LogP contribution in [-0.2, 0) is 11.3 Å². The summed E-state index contributed by atoms with van der Waals surface area (Å²) in [4.78, 5) is 26.7. The summed E-state index contributed by atoms with van der Waals surface area (Å²) in [6.07, 6.45) is 3.40. The highest BCUT2D eigenvalue weighted by Gasteiger charge is 2.25. The van der Waals surface area contributed by atoms with E-state index in [0.717, 1.165) is 38.8 Å². The molecule has 1 atom stereocenters. The Balaban J connectivity index is 1.99. The van der Waals surface area contributed by atoms with Crippen LogP contribution in [0.4, 0.5) is 5.69 Å². The van der Waals surface area contributed by atoms with Crippen molar-refractivity contribution in [3.63, 3.8) is 0 Å². The second-order valence-corrected chi connectivity index (χ2v) is 5.34. The second kappa shape index (κ2) is 6.66. The number of likely N-dealkylation sites (N-methyl/N-ethyl adjacent to an activating group) is 1. The second-order valence-electron chi connectivity index (χ2n) is 5.34. The van der Waals surface area contributed by atoms with Gasteiger partial charge in [-0.15, -0.1) is 0 Å². The zero-order valence-electron chi connectivity index (χ0n) is 12.4. The first-order valence-corrected chi connectivity index (χ1v) is 7.20. The van der Waals surface area contributed by atoms with Gasteiger partial charge in [-0.2, -0.15) is 5.10 Å². The summed E-state index contributed by atoms with van der Waals surface area (Å²) >= 11 is 0. The fourth-order valence-electron chi connectivity index (χ4n) is 2.67. The number of hydrogen-bond acceptors (Lipinski definition) is 5. The number of hydrogen-bond donors (Lipinski definition) is 0. The van der Waals surface area contributed by atoms with E-state index < -0.39 is 4.92 Å². The van der Waals surface area contributed by atoms with Crippen molar-refractivity contribution in [3.8, 4) is 0 Å². The fourth-order valence-corrected chi connectivity index (χ4v) is 2.67. The Labute approximate surface area is 123 Å². The summed E-state index contributed by atoms with van der Waals surface area (Å²) in [5.74, 6) is -0.0431. The lowest BCUT2D eigenvalue weighted by Crippen LogP contribution is -2.44. The van der Waals surface area contributed by atoms with E-state index in [4.69, 9.17) is 0 Å². The first-order valence-electron chi connectivity index (χ1n) is 7.20. The topological polar surface area (TPSA) is 84.5 Å². The highest BCUT2D eigenvalue weighted by molar-refractivity contribution is 5.76. The minimum absolute atomic E-state index is 0.0431. The molecule has 1 aliphatic rings. The molecule has 116 valence electrons. The molecule has 0 aliphatic carbocycles. The average Bonchev–Trinajstić information content (AvgIpc) is 2.81. The van der Waals surface area contributed by atoms with Gasteiger partial charge in [0.05, 0.1) is 4.92 Å². The van der Waals surface area contributed by atoms with Crippen molar-refractivity contribution in [2.24, 2.45) is 0 Å². The van der Waals surface area contributed by atoms with Gasteiger partial charge in [-0.25, -0.2) is 0 Å². The smallest absolute Gasteiger partial charge is 0.307 e. The summed E-state index contributed by atoms with van der Waals surface area (Å²) in [6, 6.07) is 0.144. The third-order valence-corrected chi connectivity index (χ3v) is 3.82. The number of carbonyl (C=O) groups excluding carboxylic acids is 1. The number of rotatable bonds is 4. The Morgan fingerprint density at radius 1 is 1.52 bits per heavy atom. The molecule has 1 aromatic rings. The zero-order chi connectivity index (χ0) is 15.4. The van der Waals surface area contributed by atoms with Crippen molar-refractivity contribution in [2.75, 3.05) is 26.2 Å². The molecule has 2 rings (SSSR count). The van der Waals surface area contributed by atoms with Gasteiger partial charge in [-0.05, 0) is 26.4 Å². The van der Waals surface area contributed by atoms with E-state index in [9.17, 15) is 14.9 Å². The molecule has 1 aliphatic heterocycles. The lowest BCUT2D eigenvalue weighted by molar-refractivity contribution is -0.385. The Morgan fingerprint density at radius 2 is 2.29 bits per heavy atom. The van der Waals surface area contributed by atoms with Gasteiger partial charge < -0.3 is 9.80 Å². The largest absolute Gasteiger partial charge is 0.337 e. The van der Waals surface area contributed by atoms with E-state index in [1.807, 2.05) is 11.8 Å². The van der Waals surface area contributed by atoms with Crippen LogP contribution in [0.1, 0.15) is 20.3 Å². The van der Waals surface area contributed by atoms with E-state index in [0.29, 0.717) is 0 Å². The van der Waals surface area contributed by atoms with Crippen LogP contribution in [0, 0.1) is 10.1 Å². The molecule has 8 nitrogen and oxygen atoms in total. The van der Waals surface area contributed by atoms with Crippen LogP contribution in [0.2, 0.25) is 0 Å². The van der Waals surface area contributed by atoms with Crippen LogP contribution in [0.5, 0.6) is 0 Å². The number of nitrogens with zero attached hydrogens (tertiary/aromatic N) is 5. The first kappa shape index (κ1) is 15.4. The predicted octanol–water partition coefficient (Wildman–Crippen LogP) is 0.734. The Hall–Kier alpha value is -1.96. The maximum Gasteiger partial charge on any atom is 0.307 e. The van der Waals surface area contributed by atoms with Crippen molar-refractivity contribution >= 4 is 11.6 Å². The van der Waals surface area contributed by atoms with Crippen LogP contribution in [0.15, 0.2) is 12.4 Å². The molecule has 2 heterocycles. The molecule has 1 saturated heterocycles. The molecule has 0 bridgehead atoms. The van der Waals surface area contributed by atoms with Crippen molar-refractivity contribution in [2.45, 2.75) is 32.9 Å². The molecular weight excluding hydrogens is 274 g/mol. The molecule has 21 heavy (non-hydrogen) atoms. The SMILES string of the molecule is CCN1CCCN(C(=O)Cn2cc([N+](=O)[O-])cn2)C(C)C1. The summed E-state index contributed by atoms with van der Waals surface area (Å²) in [6.45, 7) is 7.77. The summed E-state index contributed by atoms with van der Waals surface area (Å²) in [5.41, 5.74) is -0.0936. The molecule has 0 N–H and O–H groups in total. The Bertz CT molecular complexity index is 516. The van der Waals surface area contributed by atoms with E-state index in [1.165, 1.54) is 10.9 Å². The minimum Gasteiger partial charge on any atom is -0.337 e. The molecule has 0 saturated carbocycles. The van der Waals surface area contributed by atoms with Crippen LogP contribution in [0.25, 0.3) is 0 Å². The van der Waals surface area contributed by atoms with Gasteiger partial charge in [0, 0.05) is 19.1 Å². The molecule has 0 spiro atoms. The monoisotopic (exact) mass is 295 g/mol. The molecule has 1 amide bonds. The summed E-state index contributed by atoms with van der Waals surface area (Å²) < 4.78 is 1.33. The van der Waals surface area contributed by atoms with Crippen LogP contribution in [-0.4, -0.2) is 62.6 Å². The number of amides is 1. The van der Waals surface area contributed by atoms with Gasteiger partial charge in [-0.3, -0.25) is 19.6 Å². The van der Waals surface area contributed by atoms with Crippen molar-refractivity contribution < 1.29 is 9.72 Å². The van der Waals surface area contributed by atoms with Crippen molar-refractivity contribution in [1.82, 2.24) is 19.6 Å². The van der Waals surface area contributed by atoms with E-state index in [1.54, 1.807) is 0 Å². The Kier molecular flexibility index (Phi) is 4.89. The third kappa shape index (κ3) is 3.78. The quantitative estimate of drug-likeness (QED) is 0.604. The third-order valence-electron chi connectivity index (χ3n) is 3.82. The highest BCUT2D eigenvalue weighted by Crippen LogP contribution is 2.12. The van der Waals surface area contributed by atoms with Crippen molar-refractivity contribution in [3.05, 3.63) is 22.5 Å². The molecule has 0 aromatic carbocycles. The number of aromatic nitrogens is 2. The van der Waals surface area contributed by atoms with Crippen LogP contribution < -0.4 is 0 Å². The lowest BCUT2D eigenvalue weighted by Gasteiger charge is -2.28. The van der Waals surface area contributed by atoms with Crippen molar-refractivity contribution in [1.29, 1.82) is 0 Å². The minimum atomic E-state index is -0.512. The zero-order valence-corrected chi connectivity index (χ0v) is 12.4. The summed E-state index contributed by atoms with van der Waals surface area (Å²) in [5, 5.41) is 14.5. The molecule has 1 unspecified atom stereocenters. The Morgan fingerprint density at radius 3 is 2.90 bits per heavy atom. The van der Waals surface area contributed by atoms with Crippen LogP contribution in [0.3, 0.4) is 0 Å². The first-order chi connectivity index (χ1) is 10.0. The van der Waals surface area contributed by atoms with Gasteiger partial charge in [0.1, 0.15) is 18.9 Å². The van der Waals surface area contributed by atoms with Crippen LogP contribution >= 0.6 is 0 Å². The lowest BCUT2D eigenvalue weighted by atomic mass is 10.2. The van der Waals surface area contributed by atoms with Gasteiger partial charge in [0.15, 0.2) is 0 Å². The fraction of sp³-hybridized carbons (Fsp3) is 0.692. The van der Waals surface area contributed by atoms with Gasteiger partial charge in [0.2, 0.25) is 5.91 Å².